The highest BCUT2D eigenvalue weighted by Gasteiger charge is 2.62. The number of benzene rings is 1. The molecule has 0 spiro atoms. The predicted molar refractivity (Wildman–Crippen MR) is 76.1 cm³/mol. The summed E-state index contributed by atoms with van der Waals surface area (Å²) in [7, 11) is 0. The van der Waals surface area contributed by atoms with E-state index in [1.54, 1.807) is 0 Å². The van der Waals surface area contributed by atoms with Crippen molar-refractivity contribution in [3.63, 3.8) is 0 Å². The average Bonchev–Trinajstić information content (AvgIpc) is 3.09. The van der Waals surface area contributed by atoms with Gasteiger partial charge in [0.1, 0.15) is 6.10 Å². The van der Waals surface area contributed by atoms with E-state index in [4.69, 9.17) is 4.84 Å². The van der Waals surface area contributed by atoms with Crippen molar-refractivity contribution < 1.29 is 4.84 Å². The predicted octanol–water partition coefficient (Wildman–Crippen LogP) is 1.96. The standard InChI is InChI=1S/C16H19N3O/c17-12-9-5-4-8-11(18-12)13-14-15(19-20-16(13)14)10-6-2-1-3-7-10/h1-3,6-7,11-14,16,18H,4-5,8-9H2. The zero-order chi connectivity index (χ0) is 13.5. The molecule has 1 aliphatic carbocycles. The number of hydrogen-bond acceptors (Lipinski definition) is 3. The normalized spacial score (nSPS) is 39.5. The Bertz CT molecular complexity index is 516. The third-order valence-corrected chi connectivity index (χ3v) is 4.78. The Morgan fingerprint density at radius 2 is 1.95 bits per heavy atom. The van der Waals surface area contributed by atoms with Gasteiger partial charge in [-0.2, -0.15) is 0 Å². The van der Waals surface area contributed by atoms with Crippen LogP contribution in [0.15, 0.2) is 35.5 Å². The molecule has 1 aromatic carbocycles. The van der Waals surface area contributed by atoms with Gasteiger partial charge in [0.25, 0.3) is 0 Å². The lowest BCUT2D eigenvalue weighted by Crippen LogP contribution is -2.40. The monoisotopic (exact) mass is 269 g/mol. The molecule has 2 aliphatic heterocycles. The molecule has 104 valence electrons. The molecule has 1 N–H and O–H groups in total. The molecule has 3 aliphatic rings. The fourth-order valence-corrected chi connectivity index (χ4v) is 3.71. The van der Waals surface area contributed by atoms with E-state index in [1.165, 1.54) is 6.42 Å². The minimum Gasteiger partial charge on any atom is -0.391 e. The number of rotatable bonds is 2. The highest BCUT2D eigenvalue weighted by atomic mass is 16.7. The Kier molecular flexibility index (Phi) is 3.00. The van der Waals surface area contributed by atoms with E-state index in [2.05, 4.69) is 22.6 Å². The number of hydrogen-bond donors (Lipinski definition) is 1. The summed E-state index contributed by atoms with van der Waals surface area (Å²) in [6.45, 7) is 0. The maximum atomic E-state index is 9.90. The van der Waals surface area contributed by atoms with Crippen LogP contribution in [0.25, 0.3) is 0 Å². The molecule has 1 aromatic rings. The van der Waals surface area contributed by atoms with Gasteiger partial charge in [-0.3, -0.25) is 5.32 Å². The smallest absolute Gasteiger partial charge is 0.141 e. The lowest BCUT2D eigenvalue weighted by Gasteiger charge is -2.19. The minimum absolute atomic E-state index is 0.216. The van der Waals surface area contributed by atoms with Crippen LogP contribution >= 0.6 is 0 Å². The number of oxime groups is 1. The number of nitrogens with zero attached hydrogens (tertiary/aromatic N) is 2. The van der Waals surface area contributed by atoms with E-state index < -0.39 is 0 Å². The summed E-state index contributed by atoms with van der Waals surface area (Å²) in [6, 6.07) is 10.6. The Labute approximate surface area is 119 Å². The van der Waals surface area contributed by atoms with Gasteiger partial charge >= 0.3 is 0 Å². The van der Waals surface area contributed by atoms with Crippen LogP contribution in [-0.4, -0.2) is 24.0 Å². The van der Waals surface area contributed by atoms with Crippen LogP contribution < -0.4 is 11.1 Å². The highest BCUT2D eigenvalue weighted by molar-refractivity contribution is 6.05. The van der Waals surface area contributed by atoms with Crippen molar-refractivity contribution in [2.24, 2.45) is 17.0 Å². The van der Waals surface area contributed by atoms with Gasteiger partial charge in [-0.25, -0.2) is 0 Å². The first-order chi connectivity index (χ1) is 9.84. The molecule has 0 amide bonds. The van der Waals surface area contributed by atoms with Crippen LogP contribution in [0.1, 0.15) is 31.2 Å². The topological polar surface area (TPSA) is 55.9 Å². The van der Waals surface area contributed by atoms with E-state index in [0.717, 1.165) is 30.5 Å². The van der Waals surface area contributed by atoms with Gasteiger partial charge < -0.3 is 4.84 Å². The minimum atomic E-state index is -0.360. The molecule has 0 bridgehead atoms. The molecule has 2 fully saturated rings. The molecular formula is C16H19N3O. The molecule has 0 aromatic heterocycles. The fraction of sp³-hybridized carbons (Fsp3) is 0.562. The number of nitrogens with one attached hydrogen (secondary N) is 1. The van der Waals surface area contributed by atoms with E-state index in [1.807, 2.05) is 18.2 Å². The lowest BCUT2D eigenvalue weighted by molar-refractivity contribution is 0.119. The first-order valence-corrected chi connectivity index (χ1v) is 7.58. The molecule has 4 nitrogen and oxygen atoms in total. The van der Waals surface area contributed by atoms with Gasteiger partial charge in [-0.1, -0.05) is 48.3 Å². The largest absolute Gasteiger partial charge is 0.391 e. The van der Waals surface area contributed by atoms with Crippen LogP contribution in [-0.2, 0) is 4.84 Å². The van der Waals surface area contributed by atoms with Gasteiger partial charge in [0.15, 0.2) is 0 Å². The van der Waals surface area contributed by atoms with Crippen molar-refractivity contribution >= 4 is 5.71 Å². The number of fused-ring (bicyclic) bond motifs is 1. The summed E-state index contributed by atoms with van der Waals surface area (Å²) >= 11 is 0. The zero-order valence-corrected chi connectivity index (χ0v) is 11.4. The Hall–Kier alpha value is -1.39. The summed E-state index contributed by atoms with van der Waals surface area (Å²) in [5.41, 5.74) is 12.1. The second kappa shape index (κ2) is 4.86. The maximum Gasteiger partial charge on any atom is 0.141 e. The van der Waals surface area contributed by atoms with Crippen molar-refractivity contribution in [3.8, 4) is 0 Å². The lowest BCUT2D eigenvalue weighted by atomic mass is 10.00. The van der Waals surface area contributed by atoms with Crippen LogP contribution in [0.4, 0.5) is 0 Å². The van der Waals surface area contributed by atoms with E-state index in [9.17, 15) is 5.73 Å². The molecule has 4 rings (SSSR count). The molecule has 20 heavy (non-hydrogen) atoms. The highest BCUT2D eigenvalue weighted by Crippen LogP contribution is 2.51. The molecule has 1 saturated carbocycles. The van der Waals surface area contributed by atoms with Crippen molar-refractivity contribution in [3.05, 3.63) is 35.9 Å². The molecule has 5 atom stereocenters. The van der Waals surface area contributed by atoms with Crippen LogP contribution in [0.2, 0.25) is 0 Å². The fourth-order valence-electron chi connectivity index (χ4n) is 3.71. The van der Waals surface area contributed by atoms with Crippen molar-refractivity contribution in [1.82, 2.24) is 11.1 Å². The maximum absolute atomic E-state index is 9.90. The molecule has 2 radical (unpaired) electrons. The first kappa shape index (κ1) is 12.4. The average molecular weight is 269 g/mol. The molecular weight excluding hydrogens is 250 g/mol. The third kappa shape index (κ3) is 2.03. The van der Waals surface area contributed by atoms with Crippen molar-refractivity contribution in [2.75, 3.05) is 0 Å². The quantitative estimate of drug-likeness (QED) is 0.892. The van der Waals surface area contributed by atoms with Crippen molar-refractivity contribution in [1.29, 1.82) is 0 Å². The van der Waals surface area contributed by atoms with E-state index in [0.29, 0.717) is 17.9 Å². The van der Waals surface area contributed by atoms with Gasteiger partial charge in [-0.15, -0.1) is 5.73 Å². The summed E-state index contributed by atoms with van der Waals surface area (Å²) < 4.78 is 0. The van der Waals surface area contributed by atoms with E-state index in [-0.39, 0.29) is 12.3 Å². The van der Waals surface area contributed by atoms with Crippen LogP contribution in [0.3, 0.4) is 0 Å². The third-order valence-electron chi connectivity index (χ3n) is 4.78. The molecule has 5 unspecified atom stereocenters. The summed E-state index contributed by atoms with van der Waals surface area (Å²) in [4.78, 5) is 5.60. The second-order valence-electron chi connectivity index (χ2n) is 6.09. The SMILES string of the molecule is [N]C1CCCCC(C2C3ON=C(c4ccccc4)C32)N1. The van der Waals surface area contributed by atoms with Gasteiger partial charge in [0.2, 0.25) is 0 Å². The van der Waals surface area contributed by atoms with Crippen LogP contribution in [0.5, 0.6) is 0 Å². The zero-order valence-electron chi connectivity index (χ0n) is 11.4. The molecule has 1 saturated heterocycles. The summed E-state index contributed by atoms with van der Waals surface area (Å²) in [5, 5.41) is 7.61. The first-order valence-electron chi connectivity index (χ1n) is 7.58. The Balaban J connectivity index is 1.50. The van der Waals surface area contributed by atoms with Gasteiger partial charge in [0.05, 0.1) is 17.8 Å². The van der Waals surface area contributed by atoms with Gasteiger partial charge in [0, 0.05) is 12.0 Å². The van der Waals surface area contributed by atoms with Gasteiger partial charge in [-0.05, 0) is 18.4 Å². The van der Waals surface area contributed by atoms with E-state index >= 15 is 0 Å². The van der Waals surface area contributed by atoms with Crippen molar-refractivity contribution in [2.45, 2.75) is 44.0 Å². The Morgan fingerprint density at radius 3 is 2.80 bits per heavy atom. The summed E-state index contributed by atoms with van der Waals surface area (Å²) in [6.07, 6.45) is 4.13. The second-order valence-corrected chi connectivity index (χ2v) is 6.09. The van der Waals surface area contributed by atoms with Crippen LogP contribution in [0, 0.1) is 11.8 Å². The molecule has 2 heterocycles. The molecule has 4 heteroatoms. The summed E-state index contributed by atoms with van der Waals surface area (Å²) in [5.74, 6) is 0.871. The Morgan fingerprint density at radius 1 is 1.15 bits per heavy atom.